The van der Waals surface area contributed by atoms with Crippen LogP contribution in [0.4, 0.5) is 0 Å². The molecule has 0 aliphatic carbocycles. The van der Waals surface area contributed by atoms with E-state index in [0.29, 0.717) is 0 Å². The molecule has 0 unspecified atom stereocenters. The Hall–Kier alpha value is 1.01. The molecule has 0 nitrogen and oxygen atoms in total. The van der Waals surface area contributed by atoms with Crippen LogP contribution in [-0.4, -0.2) is 22.2 Å². The summed E-state index contributed by atoms with van der Waals surface area (Å²) in [6.45, 7) is 2.22. The van der Waals surface area contributed by atoms with E-state index >= 15 is 0 Å². The number of benzene rings is 1. The molecule has 18 heavy (non-hydrogen) atoms. The molecular formula is C14H19Br3S. The lowest BCUT2D eigenvalue weighted by molar-refractivity contribution is 0.497. The monoisotopic (exact) mass is 456 g/mol. The zero-order valence-corrected chi connectivity index (χ0v) is 16.2. The van der Waals surface area contributed by atoms with Crippen molar-refractivity contribution in [1.82, 2.24) is 0 Å². The third-order valence-electron chi connectivity index (χ3n) is 3.10. The zero-order valence-electron chi connectivity index (χ0n) is 10.6. The maximum Gasteiger partial charge on any atom is 0.0213 e. The summed E-state index contributed by atoms with van der Waals surface area (Å²) in [4.78, 5) is 0. The van der Waals surface area contributed by atoms with Crippen LogP contribution in [-0.2, 0) is 5.41 Å². The first-order chi connectivity index (χ1) is 8.70. The first-order valence-electron chi connectivity index (χ1n) is 6.15. The summed E-state index contributed by atoms with van der Waals surface area (Å²) in [6, 6.07) is 8.57. The van der Waals surface area contributed by atoms with E-state index in [-0.39, 0.29) is 5.41 Å². The van der Waals surface area contributed by atoms with Gasteiger partial charge in [-0.1, -0.05) is 72.9 Å². The maximum atomic E-state index is 3.72. The Kier molecular flexibility index (Phi) is 8.57. The molecule has 0 bridgehead atoms. The van der Waals surface area contributed by atoms with E-state index < -0.39 is 0 Å². The number of halogens is 3. The Bertz CT molecular complexity index is 351. The van der Waals surface area contributed by atoms with E-state index in [1.165, 1.54) is 34.4 Å². The highest BCUT2D eigenvalue weighted by molar-refractivity contribution is 9.10. The van der Waals surface area contributed by atoms with E-state index in [4.69, 9.17) is 0 Å². The topological polar surface area (TPSA) is 0 Å². The van der Waals surface area contributed by atoms with Gasteiger partial charge in [0.2, 0.25) is 0 Å². The van der Waals surface area contributed by atoms with Gasteiger partial charge in [-0.05, 0) is 36.0 Å². The molecule has 0 amide bonds. The third-order valence-corrected chi connectivity index (χ3v) is 6.93. The van der Waals surface area contributed by atoms with Crippen LogP contribution in [0.3, 0.4) is 0 Å². The summed E-state index contributed by atoms with van der Waals surface area (Å²) >= 11 is 13.1. The van der Waals surface area contributed by atoms with Crippen LogP contribution in [0.25, 0.3) is 0 Å². The van der Waals surface area contributed by atoms with Gasteiger partial charge in [0.05, 0.1) is 0 Å². The Morgan fingerprint density at radius 1 is 1.17 bits per heavy atom. The van der Waals surface area contributed by atoms with Crippen molar-refractivity contribution in [3.05, 3.63) is 34.3 Å². The molecule has 1 aromatic rings. The van der Waals surface area contributed by atoms with Gasteiger partial charge in [0, 0.05) is 20.5 Å². The van der Waals surface area contributed by atoms with Crippen LogP contribution in [0.1, 0.15) is 25.3 Å². The van der Waals surface area contributed by atoms with Crippen molar-refractivity contribution in [2.75, 3.05) is 22.2 Å². The predicted octanol–water partition coefficient (Wildman–Crippen LogP) is 6.01. The highest BCUT2D eigenvalue weighted by Gasteiger charge is 2.31. The number of thioether (sulfide) groups is 1. The largest absolute Gasteiger partial charge is 0.162 e. The van der Waals surface area contributed by atoms with Crippen molar-refractivity contribution in [3.63, 3.8) is 0 Å². The molecule has 0 spiro atoms. The second kappa shape index (κ2) is 9.04. The molecule has 0 heterocycles. The van der Waals surface area contributed by atoms with Crippen molar-refractivity contribution >= 4 is 59.6 Å². The predicted molar refractivity (Wildman–Crippen MR) is 95.6 cm³/mol. The summed E-state index contributed by atoms with van der Waals surface area (Å²) in [6.07, 6.45) is 2.47. The summed E-state index contributed by atoms with van der Waals surface area (Å²) in [5, 5.41) is 1.98. The van der Waals surface area contributed by atoms with Crippen molar-refractivity contribution in [3.8, 4) is 0 Å². The van der Waals surface area contributed by atoms with E-state index in [0.717, 1.165) is 10.7 Å². The third kappa shape index (κ3) is 4.53. The SMILES string of the molecule is CCSCCCC(CBr)(CBr)c1ccccc1Br. The number of hydrogen-bond acceptors (Lipinski definition) is 1. The maximum absolute atomic E-state index is 3.72. The fourth-order valence-electron chi connectivity index (χ4n) is 2.00. The summed E-state index contributed by atoms with van der Waals surface area (Å²) in [5.74, 6) is 2.47. The molecule has 0 N–H and O–H groups in total. The van der Waals surface area contributed by atoms with E-state index in [1.54, 1.807) is 0 Å². The highest BCUT2D eigenvalue weighted by atomic mass is 79.9. The normalized spacial score (nSPS) is 11.8. The average molecular weight is 459 g/mol. The number of hydrogen-bond donors (Lipinski definition) is 0. The minimum atomic E-state index is 0.189. The molecule has 0 fully saturated rings. The van der Waals surface area contributed by atoms with Crippen molar-refractivity contribution in [1.29, 1.82) is 0 Å². The van der Waals surface area contributed by atoms with Crippen LogP contribution >= 0.6 is 59.6 Å². The lowest BCUT2D eigenvalue weighted by Gasteiger charge is -2.31. The second-order valence-corrected chi connectivity index (χ2v) is 7.70. The standard InChI is InChI=1S/C14H19Br3S/c1-2-18-9-5-8-14(10-15,11-16)12-6-3-4-7-13(12)17/h3-4,6-7H,2,5,8-11H2,1H3. The van der Waals surface area contributed by atoms with Gasteiger partial charge in [0.15, 0.2) is 0 Å². The van der Waals surface area contributed by atoms with Gasteiger partial charge >= 0.3 is 0 Å². The number of rotatable bonds is 8. The quantitative estimate of drug-likeness (QED) is 0.339. The molecular weight excluding hydrogens is 440 g/mol. The van der Waals surface area contributed by atoms with Crippen LogP contribution in [0.5, 0.6) is 0 Å². The van der Waals surface area contributed by atoms with Crippen LogP contribution in [0.2, 0.25) is 0 Å². The minimum absolute atomic E-state index is 0.189. The van der Waals surface area contributed by atoms with Crippen molar-refractivity contribution in [2.45, 2.75) is 25.2 Å². The van der Waals surface area contributed by atoms with Crippen LogP contribution in [0, 0.1) is 0 Å². The smallest absolute Gasteiger partial charge is 0.0213 e. The van der Waals surface area contributed by atoms with E-state index in [1.807, 2.05) is 11.8 Å². The van der Waals surface area contributed by atoms with Gasteiger partial charge < -0.3 is 0 Å². The average Bonchev–Trinajstić information content (AvgIpc) is 2.41. The summed E-state index contributed by atoms with van der Waals surface area (Å²) < 4.78 is 1.21. The molecule has 0 aromatic heterocycles. The van der Waals surface area contributed by atoms with Crippen LogP contribution < -0.4 is 0 Å². The van der Waals surface area contributed by atoms with Crippen molar-refractivity contribution in [2.24, 2.45) is 0 Å². The van der Waals surface area contributed by atoms with Gasteiger partial charge in [-0.2, -0.15) is 11.8 Å². The van der Waals surface area contributed by atoms with E-state index in [9.17, 15) is 0 Å². The van der Waals surface area contributed by atoms with Gasteiger partial charge in [0.25, 0.3) is 0 Å². The zero-order chi connectivity index (χ0) is 13.4. The Balaban J connectivity index is 2.83. The molecule has 0 saturated heterocycles. The first kappa shape index (κ1) is 17.1. The van der Waals surface area contributed by atoms with Gasteiger partial charge in [0.1, 0.15) is 0 Å². The highest BCUT2D eigenvalue weighted by Crippen LogP contribution is 2.38. The molecule has 0 radical (unpaired) electrons. The Morgan fingerprint density at radius 2 is 1.83 bits per heavy atom. The molecule has 0 aliphatic rings. The summed E-state index contributed by atoms with van der Waals surface area (Å²) in [7, 11) is 0. The Morgan fingerprint density at radius 3 is 2.39 bits per heavy atom. The molecule has 1 aromatic carbocycles. The minimum Gasteiger partial charge on any atom is -0.162 e. The van der Waals surface area contributed by atoms with Gasteiger partial charge in [-0.3, -0.25) is 0 Å². The fraction of sp³-hybridized carbons (Fsp3) is 0.571. The Labute approximate surface area is 140 Å². The second-order valence-electron chi connectivity index (χ2n) is 4.33. The first-order valence-corrected chi connectivity index (χ1v) is 10.3. The molecule has 0 atom stereocenters. The van der Waals surface area contributed by atoms with Crippen LogP contribution in [0.15, 0.2) is 28.7 Å². The number of alkyl halides is 2. The lowest BCUT2D eigenvalue weighted by atomic mass is 9.80. The molecule has 4 heteroatoms. The molecule has 1 rings (SSSR count). The van der Waals surface area contributed by atoms with Crippen molar-refractivity contribution < 1.29 is 0 Å². The molecule has 0 saturated carbocycles. The molecule has 0 aliphatic heterocycles. The lowest BCUT2D eigenvalue weighted by Crippen LogP contribution is -2.30. The molecule has 102 valence electrons. The van der Waals surface area contributed by atoms with Gasteiger partial charge in [-0.25, -0.2) is 0 Å². The summed E-state index contributed by atoms with van der Waals surface area (Å²) in [5.41, 5.74) is 1.59. The fourth-order valence-corrected chi connectivity index (χ4v) is 5.43. The van der Waals surface area contributed by atoms with E-state index in [2.05, 4.69) is 79.0 Å². The van der Waals surface area contributed by atoms with Gasteiger partial charge in [-0.15, -0.1) is 0 Å².